The molecule has 0 bridgehead atoms. The molecule has 0 fully saturated rings. The van der Waals surface area contributed by atoms with E-state index < -0.39 is 17.4 Å². The molecule has 2 aromatic carbocycles. The molecule has 132 valence electrons. The molecule has 0 saturated carbocycles. The average Bonchev–Trinajstić information content (AvgIpc) is 2.65. The lowest BCUT2D eigenvalue weighted by Crippen LogP contribution is -2.32. The van der Waals surface area contributed by atoms with Crippen molar-refractivity contribution in [2.75, 3.05) is 7.11 Å². The van der Waals surface area contributed by atoms with Gasteiger partial charge in [0.1, 0.15) is 18.0 Å². The van der Waals surface area contributed by atoms with E-state index in [1.165, 1.54) is 14.0 Å². The standard InChI is InChI=1S/C20H22O5/c1-20(23,18(21)12-13-19(22)24-2)16-8-10-17(11-9-16)25-14-15-6-4-3-5-7-15/h3-11,23H,12-14H2,1-2H3. The lowest BCUT2D eigenvalue weighted by atomic mass is 9.89. The van der Waals surface area contributed by atoms with Crippen LogP contribution in [-0.4, -0.2) is 24.0 Å². The van der Waals surface area contributed by atoms with Gasteiger partial charge in [-0.1, -0.05) is 42.5 Å². The SMILES string of the molecule is COC(=O)CCC(=O)C(C)(O)c1ccc(OCc2ccccc2)cc1. The average molecular weight is 342 g/mol. The van der Waals surface area contributed by atoms with E-state index in [4.69, 9.17) is 4.74 Å². The lowest BCUT2D eigenvalue weighted by molar-refractivity contribution is -0.145. The highest BCUT2D eigenvalue weighted by atomic mass is 16.5. The molecule has 0 aliphatic carbocycles. The summed E-state index contributed by atoms with van der Waals surface area (Å²) in [6.45, 7) is 1.86. The quantitative estimate of drug-likeness (QED) is 0.747. The normalized spacial score (nSPS) is 12.9. The van der Waals surface area contributed by atoms with E-state index in [0.29, 0.717) is 17.9 Å². The van der Waals surface area contributed by atoms with Gasteiger partial charge in [0.25, 0.3) is 0 Å². The first-order valence-corrected chi connectivity index (χ1v) is 8.03. The van der Waals surface area contributed by atoms with Crippen LogP contribution in [0.1, 0.15) is 30.9 Å². The number of ketones is 1. The Morgan fingerprint density at radius 2 is 1.64 bits per heavy atom. The zero-order valence-corrected chi connectivity index (χ0v) is 14.4. The first-order valence-electron chi connectivity index (χ1n) is 8.03. The number of methoxy groups -OCH3 is 1. The molecule has 0 saturated heterocycles. The third-order valence-corrected chi connectivity index (χ3v) is 3.99. The molecule has 2 rings (SSSR count). The Bertz CT molecular complexity index is 705. The third kappa shape index (κ3) is 5.16. The number of ether oxygens (including phenoxy) is 2. The fraction of sp³-hybridized carbons (Fsp3) is 0.300. The zero-order valence-electron chi connectivity index (χ0n) is 14.4. The summed E-state index contributed by atoms with van der Waals surface area (Å²) >= 11 is 0. The molecule has 0 aliphatic rings. The molecule has 1 atom stereocenters. The second kappa shape index (κ2) is 8.44. The third-order valence-electron chi connectivity index (χ3n) is 3.99. The minimum absolute atomic E-state index is 0.0518. The molecule has 5 nitrogen and oxygen atoms in total. The number of esters is 1. The van der Waals surface area contributed by atoms with Crippen molar-refractivity contribution in [2.45, 2.75) is 32.0 Å². The van der Waals surface area contributed by atoms with Crippen molar-refractivity contribution in [3.05, 3.63) is 65.7 Å². The van der Waals surface area contributed by atoms with E-state index in [1.807, 2.05) is 30.3 Å². The summed E-state index contributed by atoms with van der Waals surface area (Å²) in [7, 11) is 1.26. The van der Waals surface area contributed by atoms with Crippen LogP contribution in [0.2, 0.25) is 0 Å². The van der Waals surface area contributed by atoms with Gasteiger partial charge in [0.05, 0.1) is 13.5 Å². The van der Waals surface area contributed by atoms with Gasteiger partial charge in [-0.15, -0.1) is 0 Å². The number of benzene rings is 2. The predicted molar refractivity (Wildman–Crippen MR) is 93.0 cm³/mol. The molecule has 1 N–H and O–H groups in total. The second-order valence-corrected chi connectivity index (χ2v) is 5.87. The van der Waals surface area contributed by atoms with Crippen LogP contribution >= 0.6 is 0 Å². The highest BCUT2D eigenvalue weighted by molar-refractivity contribution is 5.90. The van der Waals surface area contributed by atoms with Gasteiger partial charge in [0.2, 0.25) is 0 Å². The van der Waals surface area contributed by atoms with Crippen LogP contribution in [0.15, 0.2) is 54.6 Å². The van der Waals surface area contributed by atoms with Crippen molar-refractivity contribution in [2.24, 2.45) is 0 Å². The van der Waals surface area contributed by atoms with E-state index in [2.05, 4.69) is 4.74 Å². The van der Waals surface area contributed by atoms with Gasteiger partial charge in [-0.25, -0.2) is 0 Å². The van der Waals surface area contributed by atoms with Gasteiger partial charge >= 0.3 is 5.97 Å². The summed E-state index contributed by atoms with van der Waals surface area (Å²) in [6, 6.07) is 16.5. The minimum Gasteiger partial charge on any atom is -0.489 e. The molecule has 25 heavy (non-hydrogen) atoms. The molecule has 0 aliphatic heterocycles. The van der Waals surface area contributed by atoms with Crippen LogP contribution < -0.4 is 4.74 Å². The highest BCUT2D eigenvalue weighted by Gasteiger charge is 2.32. The maximum atomic E-state index is 12.2. The van der Waals surface area contributed by atoms with Crippen LogP contribution in [-0.2, 0) is 26.5 Å². The van der Waals surface area contributed by atoms with Gasteiger partial charge < -0.3 is 14.6 Å². The Balaban J connectivity index is 1.97. The Morgan fingerprint density at radius 1 is 1.00 bits per heavy atom. The Labute approximate surface area is 147 Å². The van der Waals surface area contributed by atoms with Crippen molar-refractivity contribution in [3.63, 3.8) is 0 Å². The van der Waals surface area contributed by atoms with Crippen LogP contribution in [0.5, 0.6) is 5.75 Å². The summed E-state index contributed by atoms with van der Waals surface area (Å²) in [5.41, 5.74) is -0.155. The second-order valence-electron chi connectivity index (χ2n) is 5.87. The molecular weight excluding hydrogens is 320 g/mol. The molecule has 0 amide bonds. The molecular formula is C20H22O5. The smallest absolute Gasteiger partial charge is 0.305 e. The number of carbonyl (C=O) groups is 2. The first kappa shape index (κ1) is 18.7. The molecule has 0 aromatic heterocycles. The number of Topliss-reactive ketones (excluding diaryl/α,β-unsaturated/α-hetero) is 1. The molecule has 0 heterocycles. The van der Waals surface area contributed by atoms with Gasteiger partial charge in [-0.05, 0) is 30.2 Å². The lowest BCUT2D eigenvalue weighted by Gasteiger charge is -2.22. The van der Waals surface area contributed by atoms with Gasteiger partial charge in [0.15, 0.2) is 5.78 Å². The fourth-order valence-corrected chi connectivity index (χ4v) is 2.34. The van der Waals surface area contributed by atoms with Crippen molar-refractivity contribution in [3.8, 4) is 5.75 Å². The maximum absolute atomic E-state index is 12.2. The Morgan fingerprint density at radius 3 is 2.24 bits per heavy atom. The van der Waals surface area contributed by atoms with Crippen molar-refractivity contribution < 1.29 is 24.2 Å². The van der Waals surface area contributed by atoms with E-state index in [9.17, 15) is 14.7 Å². The molecule has 0 radical (unpaired) electrons. The molecule has 0 spiro atoms. The van der Waals surface area contributed by atoms with Gasteiger partial charge in [0, 0.05) is 6.42 Å². The van der Waals surface area contributed by atoms with Crippen molar-refractivity contribution >= 4 is 11.8 Å². The minimum atomic E-state index is -1.66. The highest BCUT2D eigenvalue weighted by Crippen LogP contribution is 2.26. The summed E-state index contributed by atoms with van der Waals surface area (Å²) in [5, 5.41) is 10.5. The van der Waals surface area contributed by atoms with Crippen LogP contribution in [0.3, 0.4) is 0 Å². The first-order chi connectivity index (χ1) is 11.9. The Kier molecular flexibility index (Phi) is 6.31. The van der Waals surface area contributed by atoms with Gasteiger partial charge in [-0.2, -0.15) is 0 Å². The summed E-state index contributed by atoms with van der Waals surface area (Å²) in [5.74, 6) is -0.268. The fourth-order valence-electron chi connectivity index (χ4n) is 2.34. The zero-order chi connectivity index (χ0) is 18.3. The number of aliphatic hydroxyl groups is 1. The number of hydrogen-bond acceptors (Lipinski definition) is 5. The number of carbonyl (C=O) groups excluding carboxylic acids is 2. The van der Waals surface area contributed by atoms with E-state index in [0.717, 1.165) is 5.56 Å². The maximum Gasteiger partial charge on any atom is 0.305 e. The molecule has 5 heteroatoms. The van der Waals surface area contributed by atoms with E-state index >= 15 is 0 Å². The van der Waals surface area contributed by atoms with E-state index in [1.54, 1.807) is 24.3 Å². The summed E-state index contributed by atoms with van der Waals surface area (Å²) in [6.07, 6.45) is -0.129. The number of rotatable bonds is 8. The van der Waals surface area contributed by atoms with Crippen LogP contribution in [0, 0.1) is 0 Å². The van der Waals surface area contributed by atoms with Crippen molar-refractivity contribution in [1.29, 1.82) is 0 Å². The topological polar surface area (TPSA) is 72.8 Å². The summed E-state index contributed by atoms with van der Waals surface area (Å²) < 4.78 is 10.2. The van der Waals surface area contributed by atoms with Crippen LogP contribution in [0.4, 0.5) is 0 Å². The van der Waals surface area contributed by atoms with Crippen molar-refractivity contribution in [1.82, 2.24) is 0 Å². The summed E-state index contributed by atoms with van der Waals surface area (Å²) in [4.78, 5) is 23.3. The largest absolute Gasteiger partial charge is 0.489 e. The van der Waals surface area contributed by atoms with Crippen LogP contribution in [0.25, 0.3) is 0 Å². The van der Waals surface area contributed by atoms with E-state index in [-0.39, 0.29) is 12.8 Å². The number of hydrogen-bond donors (Lipinski definition) is 1. The predicted octanol–water partition coefficient (Wildman–Crippen LogP) is 3.00. The molecule has 2 aromatic rings. The Hall–Kier alpha value is -2.66. The molecule has 1 unspecified atom stereocenters. The van der Waals surface area contributed by atoms with Gasteiger partial charge in [-0.3, -0.25) is 9.59 Å². The monoisotopic (exact) mass is 342 g/mol.